The summed E-state index contributed by atoms with van der Waals surface area (Å²) in [5, 5.41) is 19.8. The van der Waals surface area contributed by atoms with Crippen LogP contribution in [0.25, 0.3) is 11.0 Å². The lowest BCUT2D eigenvalue weighted by molar-refractivity contribution is -0.109. The minimum atomic E-state index is -1.04. The van der Waals surface area contributed by atoms with Crippen molar-refractivity contribution in [1.29, 1.82) is 0 Å². The number of aliphatic hydroxyl groups excluding tert-OH is 2. The first-order valence-corrected chi connectivity index (χ1v) is 6.76. The van der Waals surface area contributed by atoms with Crippen molar-refractivity contribution < 1.29 is 15.0 Å². The fourth-order valence-electron chi connectivity index (χ4n) is 1.68. The summed E-state index contributed by atoms with van der Waals surface area (Å²) in [5.41, 5.74) is 1.95. The van der Waals surface area contributed by atoms with Crippen molar-refractivity contribution >= 4 is 27.9 Å². The fourth-order valence-corrected chi connectivity index (χ4v) is 2.27. The van der Waals surface area contributed by atoms with Crippen LogP contribution in [0, 0.1) is 0 Å². The van der Waals surface area contributed by atoms with Gasteiger partial charge in [0.2, 0.25) is 0 Å². The number of benzene rings is 1. The average Bonchev–Trinajstić information content (AvgIpc) is 2.43. The van der Waals surface area contributed by atoms with Crippen LogP contribution in [0.1, 0.15) is 18.6 Å². The van der Waals surface area contributed by atoms with E-state index in [0.717, 1.165) is 17.3 Å². The molecule has 2 rings (SSSR count). The third-order valence-corrected chi connectivity index (χ3v) is 3.57. The molecule has 2 unspecified atom stereocenters. The molecule has 2 atom stereocenters. The second-order valence-corrected chi connectivity index (χ2v) is 5.32. The molecule has 0 aliphatic carbocycles. The van der Waals surface area contributed by atoms with Crippen molar-refractivity contribution in [3.8, 4) is 0 Å². The Morgan fingerprint density at radius 3 is 2.63 bits per heavy atom. The molecule has 0 amide bonds. The summed E-state index contributed by atoms with van der Waals surface area (Å²) in [7, 11) is 0. The van der Waals surface area contributed by atoms with E-state index in [1.54, 1.807) is 30.6 Å². The van der Waals surface area contributed by atoms with Gasteiger partial charge in [0.1, 0.15) is 6.10 Å². The van der Waals surface area contributed by atoms with Crippen LogP contribution in [0.4, 0.5) is 0 Å². The topological polar surface area (TPSA) is 83.3 Å². The molecule has 1 aromatic heterocycles. The van der Waals surface area contributed by atoms with Crippen molar-refractivity contribution in [1.82, 2.24) is 9.97 Å². The predicted octanol–water partition coefficient (Wildman–Crippen LogP) is 1.30. The highest BCUT2D eigenvalue weighted by Gasteiger charge is 2.19. The Kier molecular flexibility index (Phi) is 4.47. The Balaban J connectivity index is 2.16. The maximum absolute atomic E-state index is 10.8. The molecule has 19 heavy (non-hydrogen) atoms. The standard InChI is InChI=1S/C13H14N2O3S/c1-8(16)19-7-12(17)13(18)9-2-3-10-11(6-9)15-5-4-14-10/h2-6,12-13,17-18H,7H2,1H3. The van der Waals surface area contributed by atoms with E-state index in [9.17, 15) is 15.0 Å². The van der Waals surface area contributed by atoms with Gasteiger partial charge in [-0.05, 0) is 17.7 Å². The van der Waals surface area contributed by atoms with Crippen molar-refractivity contribution in [2.45, 2.75) is 19.1 Å². The predicted molar refractivity (Wildman–Crippen MR) is 73.6 cm³/mol. The summed E-state index contributed by atoms with van der Waals surface area (Å²) in [6.45, 7) is 1.43. The molecule has 0 radical (unpaired) electrons. The van der Waals surface area contributed by atoms with E-state index in [1.165, 1.54) is 6.92 Å². The zero-order valence-corrected chi connectivity index (χ0v) is 11.2. The third kappa shape index (κ3) is 3.50. The maximum Gasteiger partial charge on any atom is 0.185 e. The van der Waals surface area contributed by atoms with Crippen LogP contribution in [0.5, 0.6) is 0 Å². The number of rotatable bonds is 4. The normalized spacial score (nSPS) is 14.3. The lowest BCUT2D eigenvalue weighted by atomic mass is 10.0. The molecule has 1 aromatic carbocycles. The first kappa shape index (κ1) is 13.9. The average molecular weight is 278 g/mol. The smallest absolute Gasteiger partial charge is 0.185 e. The Morgan fingerprint density at radius 1 is 1.26 bits per heavy atom. The van der Waals surface area contributed by atoms with Crippen molar-refractivity contribution in [3.05, 3.63) is 36.2 Å². The van der Waals surface area contributed by atoms with Crippen molar-refractivity contribution in [2.24, 2.45) is 0 Å². The van der Waals surface area contributed by atoms with Crippen molar-refractivity contribution in [3.63, 3.8) is 0 Å². The SMILES string of the molecule is CC(=O)SCC(O)C(O)c1ccc2nccnc2c1. The molecule has 0 spiro atoms. The van der Waals surface area contributed by atoms with Gasteiger partial charge in [-0.15, -0.1) is 0 Å². The molecule has 2 N–H and O–H groups in total. The summed E-state index contributed by atoms with van der Waals surface area (Å²) in [5.74, 6) is 0.162. The number of fused-ring (bicyclic) bond motifs is 1. The van der Waals surface area contributed by atoms with E-state index in [-0.39, 0.29) is 10.9 Å². The number of hydrogen-bond donors (Lipinski definition) is 2. The Morgan fingerprint density at radius 2 is 1.95 bits per heavy atom. The maximum atomic E-state index is 10.8. The fraction of sp³-hybridized carbons (Fsp3) is 0.308. The van der Waals surface area contributed by atoms with Gasteiger partial charge in [-0.3, -0.25) is 14.8 Å². The summed E-state index contributed by atoms with van der Waals surface area (Å²) < 4.78 is 0. The largest absolute Gasteiger partial charge is 0.389 e. The molecule has 5 nitrogen and oxygen atoms in total. The summed E-state index contributed by atoms with van der Waals surface area (Å²) >= 11 is 0.989. The summed E-state index contributed by atoms with van der Waals surface area (Å²) in [6, 6.07) is 5.13. The molecular weight excluding hydrogens is 264 g/mol. The monoisotopic (exact) mass is 278 g/mol. The Bertz CT molecular complexity index is 591. The summed E-state index contributed by atoms with van der Waals surface area (Å²) in [6.07, 6.45) is 1.12. The molecule has 0 fully saturated rings. The number of aromatic nitrogens is 2. The minimum Gasteiger partial charge on any atom is -0.389 e. The molecule has 6 heteroatoms. The van der Waals surface area contributed by atoms with E-state index >= 15 is 0 Å². The number of thioether (sulfide) groups is 1. The molecule has 0 saturated heterocycles. The third-order valence-electron chi connectivity index (χ3n) is 2.66. The van der Waals surface area contributed by atoms with E-state index in [0.29, 0.717) is 11.1 Å². The Hall–Kier alpha value is -1.50. The lowest BCUT2D eigenvalue weighted by Gasteiger charge is -2.17. The zero-order valence-electron chi connectivity index (χ0n) is 10.4. The van der Waals surface area contributed by atoms with E-state index < -0.39 is 12.2 Å². The number of carbonyl (C=O) groups is 1. The van der Waals surface area contributed by atoms with Gasteiger partial charge in [-0.2, -0.15) is 0 Å². The highest BCUT2D eigenvalue weighted by molar-refractivity contribution is 8.13. The first-order valence-electron chi connectivity index (χ1n) is 5.78. The molecule has 0 aliphatic heterocycles. The second kappa shape index (κ2) is 6.10. The van der Waals surface area contributed by atoms with Crippen LogP contribution in [0.15, 0.2) is 30.6 Å². The van der Waals surface area contributed by atoms with Gasteiger partial charge in [0.25, 0.3) is 0 Å². The van der Waals surface area contributed by atoms with Gasteiger partial charge in [0.15, 0.2) is 5.12 Å². The van der Waals surface area contributed by atoms with Crippen LogP contribution >= 0.6 is 11.8 Å². The van der Waals surface area contributed by atoms with Gasteiger partial charge in [0.05, 0.1) is 17.1 Å². The van der Waals surface area contributed by atoms with Gasteiger partial charge in [-0.25, -0.2) is 0 Å². The lowest BCUT2D eigenvalue weighted by Crippen LogP contribution is -2.21. The van der Waals surface area contributed by atoms with E-state index in [1.807, 2.05) is 0 Å². The molecule has 1 heterocycles. The zero-order chi connectivity index (χ0) is 13.8. The molecule has 0 aliphatic rings. The van der Waals surface area contributed by atoms with Crippen LogP contribution in [0.3, 0.4) is 0 Å². The minimum absolute atomic E-state index is 0.0874. The van der Waals surface area contributed by atoms with Crippen LogP contribution < -0.4 is 0 Å². The molecule has 2 aromatic rings. The van der Waals surface area contributed by atoms with Crippen LogP contribution in [-0.4, -0.2) is 37.2 Å². The first-order chi connectivity index (χ1) is 9.08. The molecule has 0 bridgehead atoms. The number of hydrogen-bond acceptors (Lipinski definition) is 6. The van der Waals surface area contributed by atoms with Gasteiger partial charge in [0, 0.05) is 25.1 Å². The molecular formula is C13H14N2O3S. The number of carbonyl (C=O) groups excluding carboxylic acids is 1. The van der Waals surface area contributed by atoms with Crippen LogP contribution in [0.2, 0.25) is 0 Å². The molecule has 0 saturated carbocycles. The van der Waals surface area contributed by atoms with Crippen LogP contribution in [-0.2, 0) is 4.79 Å². The van der Waals surface area contributed by atoms with Crippen molar-refractivity contribution in [2.75, 3.05) is 5.75 Å². The second-order valence-electron chi connectivity index (χ2n) is 4.12. The van der Waals surface area contributed by atoms with E-state index in [2.05, 4.69) is 9.97 Å². The Labute approximate surface area is 114 Å². The van der Waals surface area contributed by atoms with Gasteiger partial charge < -0.3 is 10.2 Å². The van der Waals surface area contributed by atoms with Gasteiger partial charge in [-0.1, -0.05) is 17.8 Å². The number of aliphatic hydroxyl groups is 2. The van der Waals surface area contributed by atoms with E-state index in [4.69, 9.17) is 0 Å². The van der Waals surface area contributed by atoms with Gasteiger partial charge >= 0.3 is 0 Å². The number of nitrogens with zero attached hydrogens (tertiary/aromatic N) is 2. The quantitative estimate of drug-likeness (QED) is 0.877. The molecule has 100 valence electrons. The highest BCUT2D eigenvalue weighted by Crippen LogP contribution is 2.22. The highest BCUT2D eigenvalue weighted by atomic mass is 32.2. The summed E-state index contributed by atoms with van der Waals surface area (Å²) in [4.78, 5) is 19.1.